The molecule has 0 saturated carbocycles. The Bertz CT molecular complexity index is 652. The fourth-order valence-corrected chi connectivity index (χ4v) is 2.61. The van der Waals surface area contributed by atoms with Crippen LogP contribution in [0, 0.1) is 0 Å². The molecule has 0 atom stereocenters. The van der Waals surface area contributed by atoms with E-state index in [9.17, 15) is 4.79 Å². The number of hydrogen-bond donors (Lipinski definition) is 0. The standard InChI is InChI=1S/C16H13BrO3/c17-14-3-1-12(10-18)8-13(14)7-11-2-4-15-16(9-11)20-6-5-19-15/h1-4,8-10H,5-7H2. The van der Waals surface area contributed by atoms with Crippen molar-refractivity contribution in [2.24, 2.45) is 0 Å². The van der Waals surface area contributed by atoms with Crippen molar-refractivity contribution < 1.29 is 14.3 Å². The van der Waals surface area contributed by atoms with Gasteiger partial charge in [-0.1, -0.05) is 28.1 Å². The third-order valence-corrected chi connectivity index (χ3v) is 3.98. The van der Waals surface area contributed by atoms with Gasteiger partial charge in [0.25, 0.3) is 0 Å². The van der Waals surface area contributed by atoms with E-state index < -0.39 is 0 Å². The van der Waals surface area contributed by atoms with Gasteiger partial charge in [0.15, 0.2) is 11.5 Å². The lowest BCUT2D eigenvalue weighted by Gasteiger charge is -2.19. The van der Waals surface area contributed by atoms with Crippen LogP contribution in [0.25, 0.3) is 0 Å². The van der Waals surface area contributed by atoms with Gasteiger partial charge in [-0.25, -0.2) is 0 Å². The predicted octanol–water partition coefficient (Wildman–Crippen LogP) is 3.62. The molecule has 0 radical (unpaired) electrons. The normalized spacial score (nSPS) is 13.1. The molecule has 20 heavy (non-hydrogen) atoms. The summed E-state index contributed by atoms with van der Waals surface area (Å²) in [6.45, 7) is 1.18. The molecule has 2 aromatic carbocycles. The van der Waals surface area contributed by atoms with E-state index in [1.807, 2.05) is 30.3 Å². The van der Waals surface area contributed by atoms with Gasteiger partial charge in [0.2, 0.25) is 0 Å². The first-order valence-corrected chi connectivity index (χ1v) is 7.18. The molecule has 3 nitrogen and oxygen atoms in total. The summed E-state index contributed by atoms with van der Waals surface area (Å²) in [5, 5.41) is 0. The first-order chi connectivity index (χ1) is 9.76. The molecule has 102 valence electrons. The summed E-state index contributed by atoms with van der Waals surface area (Å²) in [5.74, 6) is 1.58. The molecular formula is C16H13BrO3. The summed E-state index contributed by atoms with van der Waals surface area (Å²) in [5.41, 5.74) is 2.88. The molecule has 1 heterocycles. The van der Waals surface area contributed by atoms with Crippen molar-refractivity contribution in [1.29, 1.82) is 0 Å². The van der Waals surface area contributed by atoms with Crippen molar-refractivity contribution in [1.82, 2.24) is 0 Å². The molecular weight excluding hydrogens is 320 g/mol. The van der Waals surface area contributed by atoms with Crippen LogP contribution >= 0.6 is 15.9 Å². The Morgan fingerprint density at radius 2 is 1.85 bits per heavy atom. The van der Waals surface area contributed by atoms with Crippen LogP contribution in [0.15, 0.2) is 40.9 Å². The second-order valence-corrected chi connectivity index (χ2v) is 5.48. The van der Waals surface area contributed by atoms with Crippen LogP contribution in [-0.4, -0.2) is 19.5 Å². The molecule has 0 aliphatic carbocycles. The van der Waals surface area contributed by atoms with Crippen molar-refractivity contribution in [2.45, 2.75) is 6.42 Å². The summed E-state index contributed by atoms with van der Waals surface area (Å²) in [6.07, 6.45) is 1.60. The second-order valence-electron chi connectivity index (χ2n) is 4.62. The van der Waals surface area contributed by atoms with Gasteiger partial charge in [-0.3, -0.25) is 4.79 Å². The van der Waals surface area contributed by atoms with Gasteiger partial charge in [-0.05, 0) is 41.8 Å². The lowest BCUT2D eigenvalue weighted by Crippen LogP contribution is -2.15. The third kappa shape index (κ3) is 2.70. The molecule has 0 bridgehead atoms. The van der Waals surface area contributed by atoms with E-state index in [1.54, 1.807) is 6.07 Å². The largest absolute Gasteiger partial charge is 0.486 e. The number of halogens is 1. The molecule has 0 N–H and O–H groups in total. The fourth-order valence-electron chi connectivity index (χ4n) is 2.22. The maximum Gasteiger partial charge on any atom is 0.161 e. The van der Waals surface area contributed by atoms with Gasteiger partial charge in [-0.15, -0.1) is 0 Å². The topological polar surface area (TPSA) is 35.5 Å². The van der Waals surface area contributed by atoms with Crippen LogP contribution in [0.5, 0.6) is 11.5 Å². The quantitative estimate of drug-likeness (QED) is 0.805. The summed E-state index contributed by atoms with van der Waals surface area (Å²) in [6, 6.07) is 11.5. The number of benzene rings is 2. The molecule has 0 fully saturated rings. The molecule has 0 amide bonds. The number of hydrogen-bond acceptors (Lipinski definition) is 3. The fraction of sp³-hybridized carbons (Fsp3) is 0.188. The van der Waals surface area contributed by atoms with Crippen LogP contribution in [0.3, 0.4) is 0 Å². The van der Waals surface area contributed by atoms with E-state index in [0.29, 0.717) is 18.8 Å². The van der Waals surface area contributed by atoms with Gasteiger partial charge in [0.05, 0.1) is 0 Å². The van der Waals surface area contributed by atoms with Gasteiger partial charge in [-0.2, -0.15) is 0 Å². The Morgan fingerprint density at radius 3 is 2.65 bits per heavy atom. The number of rotatable bonds is 3. The Morgan fingerprint density at radius 1 is 1.05 bits per heavy atom. The average molecular weight is 333 g/mol. The predicted molar refractivity (Wildman–Crippen MR) is 79.8 cm³/mol. The number of ether oxygens (including phenoxy) is 2. The van der Waals surface area contributed by atoms with Crippen molar-refractivity contribution in [3.63, 3.8) is 0 Å². The highest BCUT2D eigenvalue weighted by Crippen LogP contribution is 2.32. The lowest BCUT2D eigenvalue weighted by atomic mass is 10.0. The zero-order valence-corrected chi connectivity index (χ0v) is 12.4. The van der Waals surface area contributed by atoms with Crippen molar-refractivity contribution >= 4 is 22.2 Å². The van der Waals surface area contributed by atoms with Crippen LogP contribution in [-0.2, 0) is 6.42 Å². The summed E-state index contributed by atoms with van der Waals surface area (Å²) in [7, 11) is 0. The van der Waals surface area contributed by atoms with Gasteiger partial charge < -0.3 is 9.47 Å². The monoisotopic (exact) mass is 332 g/mol. The van der Waals surface area contributed by atoms with E-state index in [-0.39, 0.29) is 0 Å². The molecule has 4 heteroatoms. The second kappa shape index (κ2) is 5.67. The third-order valence-electron chi connectivity index (χ3n) is 3.21. The maximum absolute atomic E-state index is 10.9. The van der Waals surface area contributed by atoms with E-state index in [1.165, 1.54) is 0 Å². The number of fused-ring (bicyclic) bond motifs is 1. The van der Waals surface area contributed by atoms with E-state index in [2.05, 4.69) is 15.9 Å². The minimum absolute atomic E-state index is 0.584. The molecule has 1 aliphatic heterocycles. The van der Waals surface area contributed by atoms with Gasteiger partial charge in [0, 0.05) is 10.0 Å². The van der Waals surface area contributed by atoms with Crippen LogP contribution in [0.1, 0.15) is 21.5 Å². The van der Waals surface area contributed by atoms with E-state index >= 15 is 0 Å². The zero-order valence-electron chi connectivity index (χ0n) is 10.8. The van der Waals surface area contributed by atoms with Gasteiger partial charge in [0.1, 0.15) is 19.5 Å². The Balaban J connectivity index is 1.89. The minimum Gasteiger partial charge on any atom is -0.486 e. The lowest BCUT2D eigenvalue weighted by molar-refractivity contribution is 0.112. The minimum atomic E-state index is 0.584. The Labute approximate surface area is 125 Å². The van der Waals surface area contributed by atoms with Crippen LogP contribution in [0.4, 0.5) is 0 Å². The molecule has 2 aromatic rings. The van der Waals surface area contributed by atoms with Crippen molar-refractivity contribution in [3.05, 3.63) is 57.6 Å². The van der Waals surface area contributed by atoms with Crippen LogP contribution < -0.4 is 9.47 Å². The molecule has 1 aliphatic rings. The van der Waals surface area contributed by atoms with Crippen molar-refractivity contribution in [3.8, 4) is 11.5 Å². The summed E-state index contributed by atoms with van der Waals surface area (Å²) < 4.78 is 12.1. The number of carbonyl (C=O) groups excluding carboxylic acids is 1. The molecule has 0 aromatic heterocycles. The van der Waals surface area contributed by atoms with E-state index in [0.717, 1.165) is 39.8 Å². The maximum atomic E-state index is 10.9. The number of aldehydes is 1. The Kier molecular flexibility index (Phi) is 3.74. The zero-order chi connectivity index (χ0) is 13.9. The highest BCUT2D eigenvalue weighted by Gasteiger charge is 2.12. The van der Waals surface area contributed by atoms with Gasteiger partial charge >= 0.3 is 0 Å². The highest BCUT2D eigenvalue weighted by atomic mass is 79.9. The van der Waals surface area contributed by atoms with E-state index in [4.69, 9.17) is 9.47 Å². The van der Waals surface area contributed by atoms with Crippen molar-refractivity contribution in [2.75, 3.05) is 13.2 Å². The highest BCUT2D eigenvalue weighted by molar-refractivity contribution is 9.10. The first-order valence-electron chi connectivity index (χ1n) is 6.38. The average Bonchev–Trinajstić information content (AvgIpc) is 2.49. The SMILES string of the molecule is O=Cc1ccc(Br)c(Cc2ccc3c(c2)OCCO3)c1. The molecule has 0 saturated heterocycles. The summed E-state index contributed by atoms with van der Waals surface area (Å²) >= 11 is 3.52. The summed E-state index contributed by atoms with van der Waals surface area (Å²) in [4.78, 5) is 10.9. The smallest absolute Gasteiger partial charge is 0.161 e. The molecule has 0 spiro atoms. The first kappa shape index (κ1) is 13.2. The van der Waals surface area contributed by atoms with Crippen LogP contribution in [0.2, 0.25) is 0 Å². The molecule has 3 rings (SSSR count). The number of carbonyl (C=O) groups is 1. The molecule has 0 unspecified atom stereocenters. The Hall–Kier alpha value is -1.81.